The third-order valence-electron chi connectivity index (χ3n) is 2.77. The molecule has 1 fully saturated rings. The van der Waals surface area contributed by atoms with E-state index in [0.717, 1.165) is 12.2 Å². The van der Waals surface area contributed by atoms with Gasteiger partial charge in [-0.3, -0.25) is 4.79 Å². The molecule has 1 saturated heterocycles. The van der Waals surface area contributed by atoms with Crippen molar-refractivity contribution in [2.45, 2.75) is 31.3 Å². The fourth-order valence-electron chi connectivity index (χ4n) is 1.87. The second-order valence-electron chi connectivity index (χ2n) is 3.92. The second-order valence-corrected chi connectivity index (χ2v) is 4.90. The van der Waals surface area contributed by atoms with Crippen molar-refractivity contribution in [2.24, 2.45) is 5.73 Å². The van der Waals surface area contributed by atoms with E-state index in [1.165, 1.54) is 4.90 Å². The number of likely N-dealkylation sites (tertiary alicyclic amines) is 1. The lowest BCUT2D eigenvalue weighted by atomic mass is 10.2. The summed E-state index contributed by atoms with van der Waals surface area (Å²) in [6.07, 6.45) is 3.84. The van der Waals surface area contributed by atoms with Crippen LogP contribution < -0.4 is 5.73 Å². The first-order valence-electron chi connectivity index (χ1n) is 5.35. The zero-order valence-corrected chi connectivity index (χ0v) is 10.2. The molecule has 1 rings (SSSR count). The monoisotopic (exact) mass is 246 g/mol. The number of thioether (sulfide) groups is 1. The summed E-state index contributed by atoms with van der Waals surface area (Å²) in [5.74, 6) is -0.333. The molecule has 16 heavy (non-hydrogen) atoms. The Balaban J connectivity index is 2.55. The number of carbonyl (C=O) groups excluding carboxylic acids is 1. The molecule has 6 heteroatoms. The average molecular weight is 246 g/mol. The van der Waals surface area contributed by atoms with Crippen LogP contribution in [0, 0.1) is 0 Å². The molecule has 0 aromatic carbocycles. The van der Waals surface area contributed by atoms with Gasteiger partial charge in [0.1, 0.15) is 6.04 Å². The van der Waals surface area contributed by atoms with Crippen LogP contribution in [0.15, 0.2) is 0 Å². The predicted molar refractivity (Wildman–Crippen MR) is 63.3 cm³/mol. The Morgan fingerprint density at radius 2 is 2.31 bits per heavy atom. The smallest absolute Gasteiger partial charge is 0.326 e. The minimum Gasteiger partial charge on any atom is -0.480 e. The highest BCUT2D eigenvalue weighted by Gasteiger charge is 2.35. The lowest BCUT2D eigenvalue weighted by molar-refractivity contribution is -0.148. The number of nitrogens with zero attached hydrogens (tertiary/aromatic N) is 1. The van der Waals surface area contributed by atoms with Crippen LogP contribution in [-0.4, -0.2) is 52.5 Å². The van der Waals surface area contributed by atoms with E-state index in [-0.39, 0.29) is 5.91 Å². The van der Waals surface area contributed by atoms with Crippen molar-refractivity contribution in [3.63, 3.8) is 0 Å². The molecule has 0 aromatic rings. The standard InChI is InChI=1S/C10H18N2O3S/c1-16-6-4-7(11)9(13)12-5-2-3-8(12)10(14)15/h7-8H,2-6,11H2,1H3,(H,14,15)/t7-,8-/m1/s1. The van der Waals surface area contributed by atoms with Crippen LogP contribution in [0.4, 0.5) is 0 Å². The summed E-state index contributed by atoms with van der Waals surface area (Å²) < 4.78 is 0. The number of nitrogens with two attached hydrogens (primary N) is 1. The Labute approximate surface area is 99.4 Å². The van der Waals surface area contributed by atoms with Gasteiger partial charge >= 0.3 is 5.97 Å². The molecule has 0 spiro atoms. The van der Waals surface area contributed by atoms with Gasteiger partial charge in [-0.15, -0.1) is 0 Å². The van der Waals surface area contributed by atoms with Crippen molar-refractivity contribution in [1.29, 1.82) is 0 Å². The maximum Gasteiger partial charge on any atom is 0.326 e. The van der Waals surface area contributed by atoms with Gasteiger partial charge in [-0.05, 0) is 31.3 Å². The van der Waals surface area contributed by atoms with Crippen molar-refractivity contribution < 1.29 is 14.7 Å². The van der Waals surface area contributed by atoms with Crippen LogP contribution in [-0.2, 0) is 9.59 Å². The van der Waals surface area contributed by atoms with Crippen LogP contribution in [0.2, 0.25) is 0 Å². The first-order valence-corrected chi connectivity index (χ1v) is 6.75. The van der Waals surface area contributed by atoms with Crippen molar-refractivity contribution in [3.8, 4) is 0 Å². The van der Waals surface area contributed by atoms with E-state index in [1.54, 1.807) is 11.8 Å². The Kier molecular flexibility index (Phi) is 5.08. The van der Waals surface area contributed by atoms with Gasteiger partial charge < -0.3 is 15.7 Å². The van der Waals surface area contributed by atoms with Crippen LogP contribution in [0.25, 0.3) is 0 Å². The molecular formula is C10H18N2O3S. The molecule has 1 amide bonds. The van der Waals surface area contributed by atoms with Gasteiger partial charge in [-0.25, -0.2) is 4.79 Å². The van der Waals surface area contributed by atoms with Crippen LogP contribution >= 0.6 is 11.8 Å². The summed E-state index contributed by atoms with van der Waals surface area (Å²) in [5.41, 5.74) is 5.75. The number of carbonyl (C=O) groups is 2. The maximum atomic E-state index is 11.9. The molecule has 5 nitrogen and oxygen atoms in total. The third kappa shape index (κ3) is 3.12. The SMILES string of the molecule is CSCC[C@@H](N)C(=O)N1CCC[C@@H]1C(=O)O. The summed E-state index contributed by atoms with van der Waals surface area (Å²) in [4.78, 5) is 24.2. The maximum absolute atomic E-state index is 11.9. The third-order valence-corrected chi connectivity index (χ3v) is 3.42. The molecule has 92 valence electrons. The molecule has 0 aromatic heterocycles. The van der Waals surface area contributed by atoms with Crippen molar-refractivity contribution in [2.75, 3.05) is 18.6 Å². The number of carboxylic acids is 1. The molecule has 2 atom stereocenters. The molecule has 0 unspecified atom stereocenters. The summed E-state index contributed by atoms with van der Waals surface area (Å²) in [7, 11) is 0. The van der Waals surface area contributed by atoms with Gasteiger partial charge in [0.05, 0.1) is 6.04 Å². The predicted octanol–water partition coefficient (Wildman–Crippen LogP) is 0.142. The average Bonchev–Trinajstić information content (AvgIpc) is 2.73. The fraction of sp³-hybridized carbons (Fsp3) is 0.800. The first-order chi connectivity index (χ1) is 7.57. The molecule has 0 saturated carbocycles. The van der Waals surface area contributed by atoms with Crippen LogP contribution in [0.1, 0.15) is 19.3 Å². The summed E-state index contributed by atoms with van der Waals surface area (Å²) in [6, 6.07) is -1.24. The number of aliphatic carboxylic acids is 1. The number of rotatable bonds is 5. The van der Waals surface area contributed by atoms with Gasteiger partial charge in [0.15, 0.2) is 0 Å². The summed E-state index contributed by atoms with van der Waals surface area (Å²) in [6.45, 7) is 0.517. The molecule has 1 aliphatic rings. The van der Waals surface area contributed by atoms with Gasteiger partial charge in [0.25, 0.3) is 0 Å². The normalized spacial score (nSPS) is 22.1. The minimum absolute atomic E-state index is 0.223. The summed E-state index contributed by atoms with van der Waals surface area (Å²) in [5, 5.41) is 8.95. The number of carboxylic acid groups (broad SMARTS) is 1. The zero-order chi connectivity index (χ0) is 12.1. The Morgan fingerprint density at radius 3 is 2.88 bits per heavy atom. The largest absolute Gasteiger partial charge is 0.480 e. The molecule has 0 bridgehead atoms. The van der Waals surface area contributed by atoms with Crippen molar-refractivity contribution in [3.05, 3.63) is 0 Å². The highest BCUT2D eigenvalue weighted by atomic mass is 32.2. The first kappa shape index (κ1) is 13.3. The fourth-order valence-corrected chi connectivity index (χ4v) is 2.36. The number of hydrogen-bond donors (Lipinski definition) is 2. The van der Waals surface area contributed by atoms with Crippen molar-refractivity contribution in [1.82, 2.24) is 4.90 Å². The van der Waals surface area contributed by atoms with Gasteiger partial charge in [-0.2, -0.15) is 11.8 Å². The Hall–Kier alpha value is -0.750. The van der Waals surface area contributed by atoms with Crippen LogP contribution in [0.3, 0.4) is 0 Å². The lowest BCUT2D eigenvalue weighted by Gasteiger charge is -2.24. The molecule has 3 N–H and O–H groups in total. The van der Waals surface area contributed by atoms with Crippen molar-refractivity contribution >= 4 is 23.6 Å². The summed E-state index contributed by atoms with van der Waals surface area (Å²) >= 11 is 1.63. The highest BCUT2D eigenvalue weighted by Crippen LogP contribution is 2.18. The zero-order valence-electron chi connectivity index (χ0n) is 9.39. The number of amides is 1. The second kappa shape index (κ2) is 6.10. The van der Waals surface area contributed by atoms with E-state index in [2.05, 4.69) is 0 Å². The molecule has 1 heterocycles. The van der Waals surface area contributed by atoms with E-state index in [4.69, 9.17) is 10.8 Å². The van der Waals surface area contributed by atoms with E-state index < -0.39 is 18.1 Å². The van der Waals surface area contributed by atoms with E-state index in [9.17, 15) is 9.59 Å². The Bertz CT molecular complexity index is 273. The number of hydrogen-bond acceptors (Lipinski definition) is 4. The topological polar surface area (TPSA) is 83.6 Å². The minimum atomic E-state index is -0.928. The quantitative estimate of drug-likeness (QED) is 0.721. The lowest BCUT2D eigenvalue weighted by Crippen LogP contribution is -2.48. The van der Waals surface area contributed by atoms with Gasteiger partial charge in [0, 0.05) is 6.54 Å². The molecule has 0 aliphatic carbocycles. The molecule has 0 radical (unpaired) electrons. The van der Waals surface area contributed by atoms with E-state index >= 15 is 0 Å². The van der Waals surface area contributed by atoms with Gasteiger partial charge in [0.2, 0.25) is 5.91 Å². The van der Waals surface area contributed by atoms with E-state index in [1.807, 2.05) is 6.26 Å². The van der Waals surface area contributed by atoms with Crippen LogP contribution in [0.5, 0.6) is 0 Å². The van der Waals surface area contributed by atoms with Gasteiger partial charge in [-0.1, -0.05) is 0 Å². The Morgan fingerprint density at radius 1 is 1.62 bits per heavy atom. The molecule has 1 aliphatic heterocycles. The molecular weight excluding hydrogens is 228 g/mol. The highest BCUT2D eigenvalue weighted by molar-refractivity contribution is 7.98. The van der Waals surface area contributed by atoms with E-state index in [0.29, 0.717) is 19.4 Å².